The lowest BCUT2D eigenvalue weighted by molar-refractivity contribution is -0.923. The molecule has 196 valence electrons. The summed E-state index contributed by atoms with van der Waals surface area (Å²) in [5.74, 6) is -0.173. The maximum Gasteiger partial charge on any atom is 0.370 e. The van der Waals surface area contributed by atoms with E-state index in [-0.39, 0.29) is 6.54 Å². The summed E-state index contributed by atoms with van der Waals surface area (Å²) in [5.41, 5.74) is 5.13. The fraction of sp³-hybridized carbons (Fsp3) is 0.484. The number of fused-ring (bicyclic) bond motifs is 4. The molecular formula is C31H41N3O2S+2. The van der Waals surface area contributed by atoms with Gasteiger partial charge in [-0.2, -0.15) is 4.57 Å². The Bertz CT molecular complexity index is 1280. The van der Waals surface area contributed by atoms with Crippen molar-refractivity contribution in [3.05, 3.63) is 58.6 Å². The fourth-order valence-corrected chi connectivity index (χ4v) is 7.80. The topological polar surface area (TPSA) is 44.4 Å². The lowest BCUT2D eigenvalue weighted by Gasteiger charge is -2.37. The molecule has 0 bridgehead atoms. The number of thiazole rings is 1. The van der Waals surface area contributed by atoms with Gasteiger partial charge in [0.05, 0.1) is 26.2 Å². The molecule has 2 heterocycles. The van der Waals surface area contributed by atoms with Gasteiger partial charge in [-0.15, -0.1) is 0 Å². The molecule has 1 saturated carbocycles. The van der Waals surface area contributed by atoms with Crippen LogP contribution >= 0.6 is 11.3 Å². The van der Waals surface area contributed by atoms with Crippen molar-refractivity contribution in [3.8, 4) is 0 Å². The van der Waals surface area contributed by atoms with Crippen LogP contribution in [0.1, 0.15) is 68.5 Å². The van der Waals surface area contributed by atoms with Crippen LogP contribution < -0.4 is 9.47 Å². The lowest BCUT2D eigenvalue weighted by atomic mass is 9.96. The van der Waals surface area contributed by atoms with Gasteiger partial charge in [0.1, 0.15) is 4.70 Å². The number of hydrogen-bond acceptors (Lipinski definition) is 3. The number of carboxylic acids is 1. The third-order valence-electron chi connectivity index (χ3n) is 9.03. The molecule has 2 atom stereocenters. The van der Waals surface area contributed by atoms with Crippen molar-refractivity contribution in [3.63, 3.8) is 0 Å². The second kappa shape index (κ2) is 11.0. The number of para-hydroxylation sites is 1. The van der Waals surface area contributed by atoms with E-state index in [4.69, 9.17) is 0 Å². The van der Waals surface area contributed by atoms with Crippen molar-refractivity contribution in [2.24, 2.45) is 0 Å². The first-order valence-electron chi connectivity index (χ1n) is 14.1. The second-order valence-corrected chi connectivity index (χ2v) is 11.8. The van der Waals surface area contributed by atoms with Crippen molar-refractivity contribution in [2.45, 2.75) is 65.0 Å². The minimum atomic E-state index is -0.819. The van der Waals surface area contributed by atoms with E-state index in [1.807, 2.05) is 22.8 Å². The summed E-state index contributed by atoms with van der Waals surface area (Å²) in [7, 11) is 0. The Morgan fingerprint density at radius 3 is 2.65 bits per heavy atom. The van der Waals surface area contributed by atoms with Crippen LogP contribution in [0.4, 0.5) is 5.69 Å². The van der Waals surface area contributed by atoms with Crippen LogP contribution in [-0.4, -0.2) is 54.3 Å². The molecule has 0 radical (unpaired) electrons. The van der Waals surface area contributed by atoms with Crippen molar-refractivity contribution in [1.29, 1.82) is 0 Å². The number of aliphatic carboxylic acids is 1. The van der Waals surface area contributed by atoms with Crippen LogP contribution in [0, 0.1) is 0 Å². The molecule has 1 aliphatic heterocycles. The molecule has 6 heteroatoms. The highest BCUT2D eigenvalue weighted by atomic mass is 32.1. The maximum absolute atomic E-state index is 11.5. The molecule has 1 aliphatic carbocycles. The van der Waals surface area contributed by atoms with E-state index >= 15 is 0 Å². The average Bonchev–Trinajstić information content (AvgIpc) is 3.60. The first-order chi connectivity index (χ1) is 18.0. The van der Waals surface area contributed by atoms with Crippen molar-refractivity contribution in [1.82, 2.24) is 0 Å². The molecule has 2 aromatic carbocycles. The molecule has 0 saturated heterocycles. The Morgan fingerprint density at radius 1 is 1.11 bits per heavy atom. The van der Waals surface area contributed by atoms with E-state index in [1.165, 1.54) is 73.2 Å². The molecule has 0 amide bonds. The predicted octanol–water partition coefficient (Wildman–Crippen LogP) is 6.17. The van der Waals surface area contributed by atoms with Gasteiger partial charge in [0.2, 0.25) is 12.1 Å². The average molecular weight is 520 g/mol. The first-order valence-corrected chi connectivity index (χ1v) is 14.9. The molecule has 5 nitrogen and oxygen atoms in total. The highest BCUT2D eigenvalue weighted by Gasteiger charge is 2.41. The Kier molecular flexibility index (Phi) is 7.68. The summed E-state index contributed by atoms with van der Waals surface area (Å²) in [4.78, 5) is 14.3. The summed E-state index contributed by atoms with van der Waals surface area (Å²) >= 11 is 1.65. The second-order valence-electron chi connectivity index (χ2n) is 10.7. The number of carboxylic acid groups (broad SMARTS) is 1. The quantitative estimate of drug-likeness (QED) is 0.244. The third kappa shape index (κ3) is 5.06. The van der Waals surface area contributed by atoms with Gasteiger partial charge in [0.25, 0.3) is 5.01 Å². The number of quaternary nitrogens is 1. The zero-order valence-electron chi connectivity index (χ0n) is 22.5. The molecule has 0 spiro atoms. The lowest BCUT2D eigenvalue weighted by Crippen LogP contribution is -2.49. The molecular weight excluding hydrogens is 478 g/mol. The SMILES string of the molecule is CC[N+](CC)(CC)CCCN1c2ccc(C=Cc3sc4ccccc4[n+]3CC(=O)O)cc2C2CCCC21. The number of hydrogen-bond donors (Lipinski definition) is 1. The van der Waals surface area contributed by atoms with Crippen LogP contribution in [0.5, 0.6) is 0 Å². The molecule has 37 heavy (non-hydrogen) atoms. The monoisotopic (exact) mass is 519 g/mol. The van der Waals surface area contributed by atoms with Gasteiger partial charge in [-0.1, -0.05) is 36.0 Å². The Hall–Kier alpha value is -2.70. The molecule has 2 unspecified atom stereocenters. The Balaban J connectivity index is 1.37. The Morgan fingerprint density at radius 2 is 1.89 bits per heavy atom. The highest BCUT2D eigenvalue weighted by Crippen LogP contribution is 2.49. The number of benzene rings is 2. The van der Waals surface area contributed by atoms with Crippen molar-refractivity contribution >= 4 is 45.4 Å². The smallest absolute Gasteiger partial charge is 0.370 e. The van der Waals surface area contributed by atoms with Crippen LogP contribution in [0.25, 0.3) is 22.4 Å². The predicted molar refractivity (Wildman–Crippen MR) is 154 cm³/mol. The van der Waals surface area contributed by atoms with Gasteiger partial charge in [0.15, 0.2) is 0 Å². The largest absolute Gasteiger partial charge is 0.477 e. The van der Waals surface area contributed by atoms with Crippen molar-refractivity contribution in [2.75, 3.05) is 37.6 Å². The van der Waals surface area contributed by atoms with Crippen molar-refractivity contribution < 1.29 is 19.0 Å². The molecule has 1 N–H and O–H groups in total. The number of anilines is 1. The van der Waals surface area contributed by atoms with Gasteiger partial charge in [-0.25, -0.2) is 4.79 Å². The fourth-order valence-electron chi connectivity index (χ4n) is 6.74. The van der Waals surface area contributed by atoms with Crippen LogP contribution in [-0.2, 0) is 11.3 Å². The van der Waals surface area contributed by atoms with E-state index < -0.39 is 5.97 Å². The number of aromatic nitrogens is 1. The van der Waals surface area contributed by atoms with E-state index in [0.717, 1.165) is 21.8 Å². The van der Waals surface area contributed by atoms with Gasteiger partial charge in [-0.3, -0.25) is 0 Å². The summed E-state index contributed by atoms with van der Waals surface area (Å²) in [6.07, 6.45) is 9.40. The molecule has 5 rings (SSSR count). The number of carbonyl (C=O) groups is 1. The minimum Gasteiger partial charge on any atom is -0.477 e. The zero-order valence-corrected chi connectivity index (χ0v) is 23.3. The maximum atomic E-state index is 11.5. The van der Waals surface area contributed by atoms with Gasteiger partial charge < -0.3 is 14.5 Å². The highest BCUT2D eigenvalue weighted by molar-refractivity contribution is 7.18. The Labute approximate surface area is 225 Å². The summed E-state index contributed by atoms with van der Waals surface area (Å²) in [6, 6.07) is 15.7. The standard InChI is InChI=1S/C31H40N3O2S/c1-4-34(5-2,6-3)20-10-19-32-26-13-9-11-24(26)25-21-23(15-17-27(25)32)16-18-30-33(22-31(35)36)28-12-7-8-14-29(28)37-30/h7-8,12,14-18,21,24,26H,4-6,9-11,13,19-20,22H2,1-3H3/q+1/p+1. The zero-order chi connectivity index (χ0) is 26.0. The molecule has 3 aromatic rings. The van der Waals surface area contributed by atoms with Gasteiger partial charge in [-0.05, 0) is 69.0 Å². The molecule has 2 aliphatic rings. The number of nitrogens with zero attached hydrogens (tertiary/aromatic N) is 3. The van der Waals surface area contributed by atoms with Gasteiger partial charge >= 0.3 is 5.97 Å². The number of rotatable bonds is 11. The van der Waals surface area contributed by atoms with E-state index in [9.17, 15) is 9.90 Å². The molecule has 1 fully saturated rings. The van der Waals surface area contributed by atoms with E-state index in [1.54, 1.807) is 11.3 Å². The molecule has 1 aromatic heterocycles. The van der Waals surface area contributed by atoms with Crippen LogP contribution in [0.2, 0.25) is 0 Å². The van der Waals surface area contributed by atoms with Crippen LogP contribution in [0.3, 0.4) is 0 Å². The summed E-state index contributed by atoms with van der Waals surface area (Å²) < 4.78 is 4.24. The minimum absolute atomic E-state index is 0.0271. The summed E-state index contributed by atoms with van der Waals surface area (Å²) in [6.45, 7) is 13.1. The normalized spacial score (nSPS) is 19.2. The van der Waals surface area contributed by atoms with E-state index in [2.05, 4.69) is 62.1 Å². The first kappa shape index (κ1) is 25.9. The third-order valence-corrected chi connectivity index (χ3v) is 10.2. The summed E-state index contributed by atoms with van der Waals surface area (Å²) in [5, 5.41) is 10.4. The van der Waals surface area contributed by atoms with Gasteiger partial charge in [0, 0.05) is 42.8 Å². The van der Waals surface area contributed by atoms with E-state index in [0.29, 0.717) is 12.0 Å². The van der Waals surface area contributed by atoms with Crippen LogP contribution in [0.15, 0.2) is 42.5 Å².